The molecule has 0 amide bonds. The lowest BCUT2D eigenvalue weighted by atomic mass is 10.1. The highest BCUT2D eigenvalue weighted by Gasteiger charge is 2.25. The van der Waals surface area contributed by atoms with E-state index in [0.29, 0.717) is 6.42 Å². The van der Waals surface area contributed by atoms with Crippen LogP contribution >= 0.6 is 7.82 Å². The number of hydrogen-bond donors (Lipinski definition) is 1. The monoisotopic (exact) mass is 519 g/mol. The molecule has 0 spiro atoms. The SMILES string of the molecule is [CH2-]CCCCCCCCCC(=O)O[C@H](COC(=O)CCCCCCCC[CH2-])COP(=O)(O)OC[CH2-]. The van der Waals surface area contributed by atoms with Crippen LogP contribution in [0, 0.1) is 20.8 Å². The number of esters is 2. The topological polar surface area (TPSA) is 108 Å². The Morgan fingerprint density at radius 1 is 0.657 bits per heavy atom. The van der Waals surface area contributed by atoms with Gasteiger partial charge in [-0.3, -0.25) is 14.1 Å². The summed E-state index contributed by atoms with van der Waals surface area (Å²) in [6.45, 7) is 10.1. The van der Waals surface area contributed by atoms with Crippen LogP contribution < -0.4 is 0 Å². The molecule has 0 aliphatic heterocycles. The maximum absolute atomic E-state index is 12.2. The van der Waals surface area contributed by atoms with Gasteiger partial charge in [0.15, 0.2) is 6.10 Å². The Morgan fingerprint density at radius 3 is 1.60 bits per heavy atom. The maximum atomic E-state index is 12.2. The molecule has 0 aliphatic carbocycles. The first-order chi connectivity index (χ1) is 16.8. The highest BCUT2D eigenvalue weighted by Crippen LogP contribution is 2.43. The molecule has 208 valence electrons. The molecule has 1 unspecified atom stereocenters. The number of phosphoric acid groups is 1. The third-order valence-electron chi connectivity index (χ3n) is 5.42. The van der Waals surface area contributed by atoms with Crippen molar-refractivity contribution in [1.82, 2.24) is 0 Å². The summed E-state index contributed by atoms with van der Waals surface area (Å²) in [6.07, 6.45) is 14.9. The van der Waals surface area contributed by atoms with E-state index in [1.165, 1.54) is 12.8 Å². The van der Waals surface area contributed by atoms with Crippen molar-refractivity contribution < 1.29 is 37.6 Å². The number of unbranched alkanes of at least 4 members (excludes halogenated alkanes) is 13. The van der Waals surface area contributed by atoms with Gasteiger partial charge < -0.3 is 39.7 Å². The summed E-state index contributed by atoms with van der Waals surface area (Å²) in [6, 6.07) is 0. The first kappa shape index (κ1) is 34.0. The lowest BCUT2D eigenvalue weighted by Gasteiger charge is -2.20. The van der Waals surface area contributed by atoms with Crippen molar-refractivity contribution in [1.29, 1.82) is 0 Å². The molecule has 0 fully saturated rings. The smallest absolute Gasteiger partial charge is 0.462 e. The Labute approximate surface area is 213 Å². The fourth-order valence-electron chi connectivity index (χ4n) is 3.43. The minimum Gasteiger partial charge on any atom is -0.462 e. The molecule has 8 nitrogen and oxygen atoms in total. The van der Waals surface area contributed by atoms with Gasteiger partial charge in [-0.25, -0.2) is 4.57 Å². The summed E-state index contributed by atoms with van der Waals surface area (Å²) >= 11 is 0. The largest absolute Gasteiger partial charge is 0.469 e. The zero-order valence-electron chi connectivity index (χ0n) is 21.6. The molecule has 9 heteroatoms. The standard InChI is InChI=1S/C26H48O8P/c1-4-7-9-11-13-15-17-19-21-26(28)34-24(23-33-35(29,30)32-6-3)22-31-25(27)20-18-16-14-12-10-8-5-2/h24H,1-23H2,(H,29,30)/q-3/t24-/m1/s1. The normalized spacial score (nSPS) is 13.8. The summed E-state index contributed by atoms with van der Waals surface area (Å²) < 4.78 is 31.8. The molecule has 1 N–H and O–H groups in total. The van der Waals surface area contributed by atoms with E-state index in [-0.39, 0.29) is 26.1 Å². The molecule has 0 saturated carbocycles. The first-order valence-corrected chi connectivity index (χ1v) is 14.7. The molecule has 0 rings (SSSR count). The van der Waals surface area contributed by atoms with Gasteiger partial charge in [0, 0.05) is 12.8 Å². The molecule has 0 aromatic rings. The van der Waals surface area contributed by atoms with Crippen LogP contribution in [0.4, 0.5) is 0 Å². The zero-order valence-corrected chi connectivity index (χ0v) is 22.5. The van der Waals surface area contributed by atoms with Crippen molar-refractivity contribution in [3.63, 3.8) is 0 Å². The van der Waals surface area contributed by atoms with Gasteiger partial charge in [-0.05, 0) is 12.8 Å². The summed E-state index contributed by atoms with van der Waals surface area (Å²) in [5, 5.41) is 0. The van der Waals surface area contributed by atoms with Crippen molar-refractivity contribution in [3.05, 3.63) is 20.8 Å². The Morgan fingerprint density at radius 2 is 1.11 bits per heavy atom. The van der Waals surface area contributed by atoms with Gasteiger partial charge in [-0.1, -0.05) is 77.2 Å². The predicted octanol–water partition coefficient (Wildman–Crippen LogP) is 6.71. The quantitative estimate of drug-likeness (QED) is 0.0614. The molecule has 0 saturated heterocycles. The highest BCUT2D eigenvalue weighted by molar-refractivity contribution is 7.47. The van der Waals surface area contributed by atoms with Crippen molar-refractivity contribution in [2.75, 3.05) is 19.8 Å². The summed E-state index contributed by atoms with van der Waals surface area (Å²) in [4.78, 5) is 33.9. The molecular weight excluding hydrogens is 471 g/mol. The zero-order chi connectivity index (χ0) is 26.2. The molecule has 0 aromatic heterocycles. The molecule has 0 aliphatic rings. The highest BCUT2D eigenvalue weighted by atomic mass is 31.2. The van der Waals surface area contributed by atoms with Gasteiger partial charge in [-0.15, -0.1) is 0 Å². The summed E-state index contributed by atoms with van der Waals surface area (Å²) in [5.74, 6) is -0.858. The van der Waals surface area contributed by atoms with Crippen LogP contribution in [0.3, 0.4) is 0 Å². The van der Waals surface area contributed by atoms with E-state index < -0.39 is 32.5 Å². The molecule has 2 atom stereocenters. The van der Waals surface area contributed by atoms with E-state index in [0.717, 1.165) is 77.0 Å². The molecule has 0 radical (unpaired) electrons. The van der Waals surface area contributed by atoms with E-state index in [2.05, 4.69) is 25.3 Å². The van der Waals surface area contributed by atoms with Gasteiger partial charge in [0.2, 0.25) is 0 Å². The summed E-state index contributed by atoms with van der Waals surface area (Å²) in [7, 11) is -4.32. The maximum Gasteiger partial charge on any atom is 0.469 e. The van der Waals surface area contributed by atoms with Crippen LogP contribution in [0.15, 0.2) is 0 Å². The Bertz CT molecular complexity index is 570. The van der Waals surface area contributed by atoms with Crippen molar-refractivity contribution in [3.8, 4) is 0 Å². The number of hydrogen-bond acceptors (Lipinski definition) is 7. The predicted molar refractivity (Wildman–Crippen MR) is 137 cm³/mol. The van der Waals surface area contributed by atoms with Crippen LogP contribution in [0.2, 0.25) is 0 Å². The van der Waals surface area contributed by atoms with Gasteiger partial charge >= 0.3 is 19.8 Å². The lowest BCUT2D eigenvalue weighted by Crippen LogP contribution is -2.29. The minimum absolute atomic E-state index is 0.226. The van der Waals surface area contributed by atoms with Crippen molar-refractivity contribution in [2.24, 2.45) is 0 Å². The fourth-order valence-corrected chi connectivity index (χ4v) is 4.09. The minimum atomic E-state index is -4.32. The van der Waals surface area contributed by atoms with E-state index in [4.69, 9.17) is 14.0 Å². The van der Waals surface area contributed by atoms with E-state index >= 15 is 0 Å². The molecular formula is C26H48O8P-3. The molecule has 0 aromatic carbocycles. The average molecular weight is 520 g/mol. The Hall–Kier alpha value is -0.950. The van der Waals surface area contributed by atoms with Gasteiger partial charge in [0.1, 0.15) is 6.61 Å². The second-order valence-electron chi connectivity index (χ2n) is 8.70. The van der Waals surface area contributed by atoms with Crippen molar-refractivity contribution >= 4 is 19.8 Å². The molecule has 0 heterocycles. The van der Waals surface area contributed by atoms with Gasteiger partial charge in [0.25, 0.3) is 0 Å². The van der Waals surface area contributed by atoms with Gasteiger partial charge in [-0.2, -0.15) is 12.8 Å². The number of rotatable bonds is 25. The second-order valence-corrected chi connectivity index (χ2v) is 10.1. The van der Waals surface area contributed by atoms with Crippen LogP contribution in [0.1, 0.15) is 109 Å². The van der Waals surface area contributed by atoms with Crippen LogP contribution in [0.25, 0.3) is 0 Å². The van der Waals surface area contributed by atoms with Crippen molar-refractivity contribution in [2.45, 2.75) is 115 Å². The summed E-state index contributed by atoms with van der Waals surface area (Å²) in [5.41, 5.74) is 0. The number of carbonyl (C=O) groups is 2. The van der Waals surface area contributed by atoms with Crippen LogP contribution in [-0.4, -0.2) is 42.8 Å². The third kappa shape index (κ3) is 23.2. The van der Waals surface area contributed by atoms with E-state index in [9.17, 15) is 19.0 Å². The number of phosphoric ester groups is 1. The number of ether oxygens (including phenoxy) is 2. The fraction of sp³-hybridized carbons (Fsp3) is 0.808. The van der Waals surface area contributed by atoms with E-state index in [1.807, 2.05) is 0 Å². The van der Waals surface area contributed by atoms with Crippen LogP contribution in [-0.2, 0) is 32.7 Å². The molecule has 35 heavy (non-hydrogen) atoms. The van der Waals surface area contributed by atoms with E-state index in [1.54, 1.807) is 0 Å². The second kappa shape index (κ2) is 23.4. The Kier molecular flexibility index (Phi) is 22.8. The average Bonchev–Trinajstić information content (AvgIpc) is 2.82. The van der Waals surface area contributed by atoms with Gasteiger partial charge in [0.05, 0.1) is 6.61 Å². The third-order valence-corrected chi connectivity index (χ3v) is 6.40. The van der Waals surface area contributed by atoms with Crippen LogP contribution in [0.5, 0.6) is 0 Å². The lowest BCUT2D eigenvalue weighted by molar-refractivity contribution is -0.161. The number of carbonyl (C=O) groups excluding carboxylic acids is 2. The molecule has 0 bridgehead atoms. The first-order valence-electron chi connectivity index (χ1n) is 13.2. The Balaban J connectivity index is 4.33.